The summed E-state index contributed by atoms with van der Waals surface area (Å²) < 4.78 is 18.6. The van der Waals surface area contributed by atoms with Gasteiger partial charge in [-0.15, -0.1) is 12.4 Å². The maximum atomic E-state index is 13.3. The number of carbonyl (C=O) groups is 1. The fourth-order valence-corrected chi connectivity index (χ4v) is 2.32. The fourth-order valence-electron chi connectivity index (χ4n) is 2.32. The Balaban J connectivity index is 0.00000220. The maximum absolute atomic E-state index is 13.3. The van der Waals surface area contributed by atoms with Gasteiger partial charge in [-0.2, -0.15) is 0 Å². The molecule has 0 spiro atoms. The number of rotatable bonds is 4. The van der Waals surface area contributed by atoms with E-state index >= 15 is 0 Å². The highest BCUT2D eigenvalue weighted by Gasteiger charge is 2.25. The minimum atomic E-state index is -0.602. The molecule has 0 saturated carbocycles. The zero-order chi connectivity index (χ0) is 14.6. The number of nitrogens with one attached hydrogen (secondary N) is 2. The first-order valence-corrected chi connectivity index (χ1v) is 6.85. The van der Waals surface area contributed by atoms with Crippen LogP contribution < -0.4 is 10.6 Å². The van der Waals surface area contributed by atoms with E-state index in [2.05, 4.69) is 10.6 Å². The molecule has 1 aliphatic heterocycles. The van der Waals surface area contributed by atoms with Crippen molar-refractivity contribution in [3.63, 3.8) is 0 Å². The van der Waals surface area contributed by atoms with E-state index in [4.69, 9.17) is 4.74 Å². The molecule has 1 atom stereocenters. The second-order valence-corrected chi connectivity index (χ2v) is 5.61. The van der Waals surface area contributed by atoms with Crippen LogP contribution in [0.4, 0.5) is 4.39 Å². The molecule has 0 radical (unpaired) electrons. The normalized spacial score (nSPS) is 18.7. The summed E-state index contributed by atoms with van der Waals surface area (Å²) in [5.41, 5.74) is 0.146. The highest BCUT2D eigenvalue weighted by molar-refractivity contribution is 5.85. The summed E-state index contributed by atoms with van der Waals surface area (Å²) in [6.07, 6.45) is 0.360. The zero-order valence-electron chi connectivity index (χ0n) is 12.3. The van der Waals surface area contributed by atoms with Gasteiger partial charge in [-0.25, -0.2) is 4.39 Å². The standard InChI is InChI=1S/C15H21FN2O2.ClH/c1-15(2,11-4-3-5-12(16)8-11)18-14(19)9-13-10-20-7-6-17-13;/h3-5,8,13,17H,6-7,9-10H2,1-2H3,(H,18,19);1H. The lowest BCUT2D eigenvalue weighted by atomic mass is 9.94. The van der Waals surface area contributed by atoms with Gasteiger partial charge in [0.15, 0.2) is 0 Å². The minimum absolute atomic E-state index is 0. The first-order chi connectivity index (χ1) is 9.47. The summed E-state index contributed by atoms with van der Waals surface area (Å²) in [5.74, 6) is -0.366. The summed E-state index contributed by atoms with van der Waals surface area (Å²) >= 11 is 0. The van der Waals surface area contributed by atoms with E-state index in [9.17, 15) is 9.18 Å². The van der Waals surface area contributed by atoms with E-state index in [0.717, 1.165) is 12.1 Å². The first-order valence-electron chi connectivity index (χ1n) is 6.85. The van der Waals surface area contributed by atoms with Crippen LogP contribution in [-0.4, -0.2) is 31.7 Å². The zero-order valence-corrected chi connectivity index (χ0v) is 13.1. The van der Waals surface area contributed by atoms with Crippen LogP contribution in [0.1, 0.15) is 25.8 Å². The molecule has 1 unspecified atom stereocenters. The van der Waals surface area contributed by atoms with E-state index in [1.165, 1.54) is 12.1 Å². The Morgan fingerprint density at radius 1 is 1.52 bits per heavy atom. The smallest absolute Gasteiger partial charge is 0.222 e. The summed E-state index contributed by atoms with van der Waals surface area (Å²) in [5, 5.41) is 6.18. The van der Waals surface area contributed by atoms with Crippen LogP contribution in [-0.2, 0) is 15.1 Å². The molecule has 1 aromatic rings. The summed E-state index contributed by atoms with van der Waals surface area (Å²) in [4.78, 5) is 12.1. The summed E-state index contributed by atoms with van der Waals surface area (Å²) in [7, 11) is 0. The van der Waals surface area contributed by atoms with E-state index in [1.54, 1.807) is 6.07 Å². The summed E-state index contributed by atoms with van der Waals surface area (Å²) in [6.45, 7) is 5.74. The lowest BCUT2D eigenvalue weighted by Crippen LogP contribution is -2.47. The van der Waals surface area contributed by atoms with Crippen molar-refractivity contribution in [1.29, 1.82) is 0 Å². The van der Waals surface area contributed by atoms with Crippen molar-refractivity contribution in [2.75, 3.05) is 19.8 Å². The third kappa shape index (κ3) is 5.26. The Labute approximate surface area is 130 Å². The molecule has 2 N–H and O–H groups in total. The molecular formula is C15H22ClFN2O2. The highest BCUT2D eigenvalue weighted by atomic mass is 35.5. The van der Waals surface area contributed by atoms with Crippen LogP contribution in [0.2, 0.25) is 0 Å². The molecule has 0 aliphatic carbocycles. The Morgan fingerprint density at radius 3 is 2.90 bits per heavy atom. The Hall–Kier alpha value is -1.17. The number of halogens is 2. The van der Waals surface area contributed by atoms with Gasteiger partial charge in [0.1, 0.15) is 5.82 Å². The van der Waals surface area contributed by atoms with Crippen LogP contribution >= 0.6 is 12.4 Å². The van der Waals surface area contributed by atoms with Crippen molar-refractivity contribution in [2.24, 2.45) is 0 Å². The van der Waals surface area contributed by atoms with Crippen molar-refractivity contribution in [1.82, 2.24) is 10.6 Å². The Kier molecular flexibility index (Phi) is 6.58. The molecule has 21 heavy (non-hydrogen) atoms. The SMILES string of the molecule is CC(C)(NC(=O)CC1COCCN1)c1cccc(F)c1.Cl. The van der Waals surface area contributed by atoms with E-state index in [1.807, 2.05) is 19.9 Å². The quantitative estimate of drug-likeness (QED) is 0.893. The van der Waals surface area contributed by atoms with Crippen molar-refractivity contribution in [3.05, 3.63) is 35.6 Å². The average Bonchev–Trinajstić information content (AvgIpc) is 2.39. The largest absolute Gasteiger partial charge is 0.378 e. The molecule has 1 heterocycles. The number of amides is 1. The van der Waals surface area contributed by atoms with Gasteiger partial charge < -0.3 is 15.4 Å². The molecule has 118 valence electrons. The van der Waals surface area contributed by atoms with Crippen molar-refractivity contribution >= 4 is 18.3 Å². The number of benzene rings is 1. The lowest BCUT2D eigenvalue weighted by molar-refractivity contribution is -0.124. The number of ether oxygens (including phenoxy) is 1. The van der Waals surface area contributed by atoms with E-state index in [0.29, 0.717) is 19.6 Å². The predicted molar refractivity (Wildman–Crippen MR) is 82.0 cm³/mol. The molecule has 1 aliphatic rings. The fraction of sp³-hybridized carbons (Fsp3) is 0.533. The predicted octanol–water partition coefficient (Wildman–Crippen LogP) is 1.98. The molecule has 1 amide bonds. The molecular weight excluding hydrogens is 295 g/mol. The maximum Gasteiger partial charge on any atom is 0.222 e. The monoisotopic (exact) mass is 316 g/mol. The number of morpholine rings is 1. The minimum Gasteiger partial charge on any atom is -0.378 e. The van der Waals surface area contributed by atoms with E-state index < -0.39 is 5.54 Å². The summed E-state index contributed by atoms with van der Waals surface area (Å²) in [6, 6.07) is 6.35. The second kappa shape index (κ2) is 7.73. The van der Waals surface area contributed by atoms with E-state index in [-0.39, 0.29) is 30.2 Å². The van der Waals surface area contributed by atoms with Gasteiger partial charge >= 0.3 is 0 Å². The van der Waals surface area contributed by atoms with Crippen LogP contribution in [0.25, 0.3) is 0 Å². The van der Waals surface area contributed by atoms with Gasteiger partial charge in [0.25, 0.3) is 0 Å². The first kappa shape index (κ1) is 17.9. The Morgan fingerprint density at radius 2 is 2.29 bits per heavy atom. The topological polar surface area (TPSA) is 50.4 Å². The highest BCUT2D eigenvalue weighted by Crippen LogP contribution is 2.21. The van der Waals surface area contributed by atoms with Crippen LogP contribution in [0, 0.1) is 5.82 Å². The number of carbonyl (C=O) groups excluding carboxylic acids is 1. The third-order valence-electron chi connectivity index (χ3n) is 3.43. The number of hydrogen-bond donors (Lipinski definition) is 2. The Bertz CT molecular complexity index is 476. The molecule has 6 heteroatoms. The van der Waals surface area contributed by atoms with Gasteiger partial charge in [0, 0.05) is 19.0 Å². The van der Waals surface area contributed by atoms with Gasteiger partial charge in [-0.05, 0) is 31.5 Å². The molecule has 0 bridgehead atoms. The van der Waals surface area contributed by atoms with Crippen LogP contribution in [0.15, 0.2) is 24.3 Å². The second-order valence-electron chi connectivity index (χ2n) is 5.61. The molecule has 4 nitrogen and oxygen atoms in total. The molecule has 0 aromatic heterocycles. The molecule has 1 fully saturated rings. The van der Waals surface area contributed by atoms with Gasteiger partial charge in [0.05, 0.1) is 18.8 Å². The van der Waals surface area contributed by atoms with Crippen molar-refractivity contribution in [3.8, 4) is 0 Å². The molecule has 1 aromatic carbocycles. The van der Waals surface area contributed by atoms with Crippen LogP contribution in [0.5, 0.6) is 0 Å². The number of hydrogen-bond acceptors (Lipinski definition) is 3. The third-order valence-corrected chi connectivity index (χ3v) is 3.43. The van der Waals surface area contributed by atoms with Crippen LogP contribution in [0.3, 0.4) is 0 Å². The van der Waals surface area contributed by atoms with Crippen molar-refractivity contribution in [2.45, 2.75) is 31.8 Å². The van der Waals surface area contributed by atoms with Crippen molar-refractivity contribution < 1.29 is 13.9 Å². The molecule has 1 saturated heterocycles. The molecule has 2 rings (SSSR count). The average molecular weight is 317 g/mol. The van der Waals surface area contributed by atoms with Gasteiger partial charge in [-0.1, -0.05) is 12.1 Å². The van der Waals surface area contributed by atoms with Gasteiger partial charge in [-0.3, -0.25) is 4.79 Å². The lowest BCUT2D eigenvalue weighted by Gasteiger charge is -2.29. The van der Waals surface area contributed by atoms with Gasteiger partial charge in [0.2, 0.25) is 5.91 Å².